The highest BCUT2D eigenvalue weighted by molar-refractivity contribution is 7.15. The van der Waals surface area contributed by atoms with Gasteiger partial charge in [-0.05, 0) is 6.92 Å². The van der Waals surface area contributed by atoms with Gasteiger partial charge in [0.05, 0.1) is 23.7 Å². The van der Waals surface area contributed by atoms with Crippen LogP contribution in [0.25, 0.3) is 10.6 Å². The Kier molecular flexibility index (Phi) is 4.83. The molecule has 0 aliphatic carbocycles. The van der Waals surface area contributed by atoms with Crippen LogP contribution in [0.5, 0.6) is 0 Å². The molecular formula is C17H17N3OS2. The number of aryl methyl sites for hydroxylation is 1. The average Bonchev–Trinajstić information content (AvgIpc) is 3.17. The average molecular weight is 343 g/mol. The molecule has 1 aromatic carbocycles. The maximum atomic E-state index is 12.3. The van der Waals surface area contributed by atoms with Gasteiger partial charge in [0.25, 0.3) is 0 Å². The Bertz CT molecular complexity index is 795. The Morgan fingerprint density at radius 2 is 2.04 bits per heavy atom. The normalized spacial score (nSPS) is 10.7. The van der Waals surface area contributed by atoms with Crippen molar-refractivity contribution in [3.63, 3.8) is 0 Å². The fourth-order valence-electron chi connectivity index (χ4n) is 2.20. The molecule has 0 fully saturated rings. The third kappa shape index (κ3) is 4.03. The van der Waals surface area contributed by atoms with Crippen LogP contribution >= 0.6 is 22.7 Å². The Labute approximate surface area is 143 Å². The number of hydrogen-bond acceptors (Lipinski definition) is 5. The van der Waals surface area contributed by atoms with E-state index in [-0.39, 0.29) is 5.91 Å². The number of carbonyl (C=O) groups is 1. The lowest BCUT2D eigenvalue weighted by Gasteiger charge is -2.15. The number of hydrogen-bond donors (Lipinski definition) is 0. The molecule has 2 aromatic heterocycles. The van der Waals surface area contributed by atoms with Crippen molar-refractivity contribution in [2.45, 2.75) is 19.9 Å². The molecule has 0 aliphatic heterocycles. The van der Waals surface area contributed by atoms with Gasteiger partial charge in [-0.1, -0.05) is 30.3 Å². The number of likely N-dealkylation sites (N-methyl/N-ethyl adjacent to an activating group) is 1. The van der Waals surface area contributed by atoms with Gasteiger partial charge in [-0.25, -0.2) is 9.97 Å². The highest BCUT2D eigenvalue weighted by atomic mass is 32.1. The number of amides is 1. The molecule has 0 spiro atoms. The van der Waals surface area contributed by atoms with Gasteiger partial charge in [0.15, 0.2) is 0 Å². The Hall–Kier alpha value is -2.05. The van der Waals surface area contributed by atoms with Crippen molar-refractivity contribution in [3.8, 4) is 10.6 Å². The molecule has 3 aromatic rings. The first kappa shape index (κ1) is 15.8. The van der Waals surface area contributed by atoms with E-state index < -0.39 is 0 Å². The van der Waals surface area contributed by atoms with E-state index in [2.05, 4.69) is 9.97 Å². The predicted octanol–water partition coefficient (Wildman–Crippen LogP) is 3.78. The molecule has 0 bridgehead atoms. The standard InChI is InChI=1S/C17H17N3OS2/c1-12-19-14(11-22-12)8-16(21)20(2)10-15-9-18-17(23-15)13-6-4-3-5-7-13/h3-7,9,11H,8,10H2,1-2H3. The summed E-state index contributed by atoms with van der Waals surface area (Å²) in [7, 11) is 1.82. The molecule has 0 unspecified atom stereocenters. The third-order valence-corrected chi connectivity index (χ3v) is 5.25. The molecule has 1 amide bonds. The van der Waals surface area contributed by atoms with Gasteiger partial charge >= 0.3 is 0 Å². The number of rotatable bonds is 5. The number of thiazole rings is 2. The van der Waals surface area contributed by atoms with Gasteiger partial charge in [0.1, 0.15) is 5.01 Å². The molecule has 23 heavy (non-hydrogen) atoms. The largest absolute Gasteiger partial charge is 0.340 e. The van der Waals surface area contributed by atoms with E-state index in [1.54, 1.807) is 27.6 Å². The van der Waals surface area contributed by atoms with Gasteiger partial charge in [-0.2, -0.15) is 0 Å². The van der Waals surface area contributed by atoms with Crippen LogP contribution in [0.3, 0.4) is 0 Å². The molecule has 0 saturated carbocycles. The number of benzene rings is 1. The zero-order chi connectivity index (χ0) is 16.2. The summed E-state index contributed by atoms with van der Waals surface area (Å²) in [6.45, 7) is 2.53. The second-order valence-corrected chi connectivity index (χ2v) is 7.46. The lowest BCUT2D eigenvalue weighted by atomic mass is 10.2. The summed E-state index contributed by atoms with van der Waals surface area (Å²) < 4.78 is 0. The molecule has 3 rings (SSSR count). The predicted molar refractivity (Wildman–Crippen MR) is 94.6 cm³/mol. The Morgan fingerprint density at radius 3 is 2.74 bits per heavy atom. The minimum absolute atomic E-state index is 0.0740. The van der Waals surface area contributed by atoms with Gasteiger partial charge < -0.3 is 4.90 Å². The quantitative estimate of drug-likeness (QED) is 0.708. The van der Waals surface area contributed by atoms with Crippen LogP contribution in [0.2, 0.25) is 0 Å². The maximum absolute atomic E-state index is 12.3. The van der Waals surface area contributed by atoms with E-state index in [0.717, 1.165) is 26.1 Å². The number of carbonyl (C=O) groups excluding carboxylic acids is 1. The Morgan fingerprint density at radius 1 is 1.26 bits per heavy atom. The van der Waals surface area contributed by atoms with Gasteiger partial charge in [-0.15, -0.1) is 22.7 Å². The number of aromatic nitrogens is 2. The molecular weight excluding hydrogens is 326 g/mol. The lowest BCUT2D eigenvalue weighted by Crippen LogP contribution is -2.27. The van der Waals surface area contributed by atoms with E-state index in [4.69, 9.17) is 0 Å². The zero-order valence-corrected chi connectivity index (χ0v) is 14.7. The fraction of sp³-hybridized carbons (Fsp3) is 0.235. The molecule has 0 atom stereocenters. The van der Waals surface area contributed by atoms with Crippen LogP contribution in [0, 0.1) is 6.92 Å². The zero-order valence-electron chi connectivity index (χ0n) is 13.0. The summed E-state index contributed by atoms with van der Waals surface area (Å²) in [5.74, 6) is 0.0740. The van der Waals surface area contributed by atoms with Crippen molar-refractivity contribution in [1.29, 1.82) is 0 Å². The van der Waals surface area contributed by atoms with Gasteiger partial charge in [0, 0.05) is 29.1 Å². The second kappa shape index (κ2) is 7.02. The van der Waals surface area contributed by atoms with Crippen molar-refractivity contribution < 1.29 is 4.79 Å². The molecule has 4 nitrogen and oxygen atoms in total. The minimum Gasteiger partial charge on any atom is -0.340 e. The first-order valence-corrected chi connectivity index (χ1v) is 8.96. The maximum Gasteiger partial charge on any atom is 0.228 e. The van der Waals surface area contributed by atoms with Crippen LogP contribution in [0.1, 0.15) is 15.6 Å². The van der Waals surface area contributed by atoms with Crippen LogP contribution in [0.15, 0.2) is 41.9 Å². The first-order valence-electron chi connectivity index (χ1n) is 7.27. The van der Waals surface area contributed by atoms with E-state index in [1.165, 1.54) is 0 Å². The third-order valence-electron chi connectivity index (χ3n) is 3.39. The van der Waals surface area contributed by atoms with E-state index >= 15 is 0 Å². The molecule has 2 heterocycles. The second-order valence-electron chi connectivity index (χ2n) is 5.28. The molecule has 6 heteroatoms. The van der Waals surface area contributed by atoms with Crippen molar-refractivity contribution >= 4 is 28.6 Å². The fourth-order valence-corrected chi connectivity index (χ4v) is 3.78. The smallest absolute Gasteiger partial charge is 0.228 e. The van der Waals surface area contributed by atoms with E-state index in [0.29, 0.717) is 13.0 Å². The minimum atomic E-state index is 0.0740. The summed E-state index contributed by atoms with van der Waals surface area (Å²) in [5, 5.41) is 3.92. The topological polar surface area (TPSA) is 46.1 Å². The van der Waals surface area contributed by atoms with Crippen LogP contribution in [-0.2, 0) is 17.8 Å². The summed E-state index contributed by atoms with van der Waals surface area (Å²) in [6.07, 6.45) is 2.20. The highest BCUT2D eigenvalue weighted by Crippen LogP contribution is 2.25. The molecule has 0 aliphatic rings. The molecule has 0 N–H and O–H groups in total. The summed E-state index contributed by atoms with van der Waals surface area (Å²) in [4.78, 5) is 23.9. The highest BCUT2D eigenvalue weighted by Gasteiger charge is 2.14. The Balaban J connectivity index is 1.62. The summed E-state index contributed by atoms with van der Waals surface area (Å²) in [6, 6.07) is 10.1. The van der Waals surface area contributed by atoms with Crippen molar-refractivity contribution in [3.05, 3.63) is 57.5 Å². The van der Waals surface area contributed by atoms with Crippen LogP contribution in [0.4, 0.5) is 0 Å². The van der Waals surface area contributed by atoms with Crippen molar-refractivity contribution in [2.24, 2.45) is 0 Å². The first-order chi connectivity index (χ1) is 11.1. The molecule has 118 valence electrons. The summed E-state index contributed by atoms with van der Waals surface area (Å²) >= 11 is 3.20. The number of nitrogens with zero attached hydrogens (tertiary/aromatic N) is 3. The van der Waals surface area contributed by atoms with Crippen LogP contribution < -0.4 is 0 Å². The van der Waals surface area contributed by atoms with E-state index in [1.807, 2.05) is 55.9 Å². The monoisotopic (exact) mass is 343 g/mol. The van der Waals surface area contributed by atoms with Gasteiger partial charge in [0.2, 0.25) is 5.91 Å². The molecule has 0 radical (unpaired) electrons. The lowest BCUT2D eigenvalue weighted by molar-refractivity contribution is -0.129. The summed E-state index contributed by atoms with van der Waals surface area (Å²) in [5.41, 5.74) is 1.95. The van der Waals surface area contributed by atoms with E-state index in [9.17, 15) is 4.79 Å². The van der Waals surface area contributed by atoms with Gasteiger partial charge in [-0.3, -0.25) is 4.79 Å². The van der Waals surface area contributed by atoms with Crippen molar-refractivity contribution in [1.82, 2.24) is 14.9 Å². The SMILES string of the molecule is Cc1nc(CC(=O)N(C)Cc2cnc(-c3ccccc3)s2)cs1. The van der Waals surface area contributed by atoms with Crippen LogP contribution in [-0.4, -0.2) is 27.8 Å². The van der Waals surface area contributed by atoms with Crippen molar-refractivity contribution in [2.75, 3.05) is 7.05 Å². The molecule has 0 saturated heterocycles.